The Morgan fingerprint density at radius 3 is 2.17 bits per heavy atom. The molecule has 3 aromatic carbocycles. The molecule has 0 spiro atoms. The Hall–Kier alpha value is -4.71. The van der Waals surface area contributed by atoms with Crippen LogP contribution in [0.5, 0.6) is 0 Å². The third kappa shape index (κ3) is 4.88. The number of nitrogens with zero attached hydrogens (tertiary/aromatic N) is 4. The summed E-state index contributed by atoms with van der Waals surface area (Å²) in [5.74, 6) is -0.325. The standard InChI is InChI=1S/C30H26N4O2/c1-32(29(35)27-18-11-19-33(30(27)36)20-23-12-5-2-6-13-23)21-25-22-34(26-16-9-4-10-17-26)31-28(25)24-14-7-3-8-15-24/h2-19,22H,20-21H2,1H3. The van der Waals surface area contributed by atoms with E-state index in [1.165, 1.54) is 0 Å². The van der Waals surface area contributed by atoms with Gasteiger partial charge in [0.05, 0.1) is 17.9 Å². The molecule has 0 aliphatic rings. The smallest absolute Gasteiger partial charge is 0.263 e. The second-order valence-corrected chi connectivity index (χ2v) is 8.65. The molecule has 0 aliphatic heterocycles. The van der Waals surface area contributed by atoms with Crippen molar-refractivity contribution in [1.29, 1.82) is 0 Å². The Labute approximate surface area is 209 Å². The van der Waals surface area contributed by atoms with Gasteiger partial charge in [0.2, 0.25) is 0 Å². The molecule has 0 saturated heterocycles. The number of para-hydroxylation sites is 1. The van der Waals surface area contributed by atoms with Crippen LogP contribution in [0.1, 0.15) is 21.5 Å². The summed E-state index contributed by atoms with van der Waals surface area (Å²) in [6.07, 6.45) is 3.66. The Kier molecular flexibility index (Phi) is 6.58. The van der Waals surface area contributed by atoms with Gasteiger partial charge in [-0.3, -0.25) is 9.59 Å². The first kappa shape index (κ1) is 23.1. The Morgan fingerprint density at radius 2 is 1.47 bits per heavy atom. The highest BCUT2D eigenvalue weighted by Gasteiger charge is 2.20. The predicted molar refractivity (Wildman–Crippen MR) is 141 cm³/mol. The Morgan fingerprint density at radius 1 is 0.833 bits per heavy atom. The van der Waals surface area contributed by atoms with Crippen LogP contribution >= 0.6 is 0 Å². The summed E-state index contributed by atoms with van der Waals surface area (Å²) in [5.41, 5.74) is 4.43. The van der Waals surface area contributed by atoms with Crippen molar-refractivity contribution < 1.29 is 4.79 Å². The van der Waals surface area contributed by atoms with E-state index in [4.69, 9.17) is 5.10 Å². The second kappa shape index (κ2) is 10.3. The van der Waals surface area contributed by atoms with E-state index in [1.807, 2.05) is 102 Å². The topological polar surface area (TPSA) is 60.1 Å². The maximum atomic E-state index is 13.4. The largest absolute Gasteiger partial charge is 0.337 e. The van der Waals surface area contributed by atoms with Crippen LogP contribution in [0, 0.1) is 0 Å². The van der Waals surface area contributed by atoms with Crippen LogP contribution < -0.4 is 5.56 Å². The zero-order valence-electron chi connectivity index (χ0n) is 20.0. The van der Waals surface area contributed by atoms with Crippen molar-refractivity contribution in [2.75, 3.05) is 7.05 Å². The highest BCUT2D eigenvalue weighted by atomic mass is 16.2. The van der Waals surface area contributed by atoms with Gasteiger partial charge in [-0.05, 0) is 29.8 Å². The van der Waals surface area contributed by atoms with Gasteiger partial charge in [-0.15, -0.1) is 0 Å². The lowest BCUT2D eigenvalue weighted by Crippen LogP contribution is -2.34. The number of carbonyl (C=O) groups excluding carboxylic acids is 1. The summed E-state index contributed by atoms with van der Waals surface area (Å²) < 4.78 is 3.39. The predicted octanol–water partition coefficient (Wildman–Crippen LogP) is 5.02. The lowest BCUT2D eigenvalue weighted by molar-refractivity contribution is 0.0783. The molecule has 0 aliphatic carbocycles. The number of carbonyl (C=O) groups is 1. The van der Waals surface area contributed by atoms with Gasteiger partial charge < -0.3 is 9.47 Å². The number of benzene rings is 3. The monoisotopic (exact) mass is 474 g/mol. The van der Waals surface area contributed by atoms with Crippen molar-refractivity contribution in [2.24, 2.45) is 0 Å². The van der Waals surface area contributed by atoms with Gasteiger partial charge in [0.1, 0.15) is 5.56 Å². The van der Waals surface area contributed by atoms with Gasteiger partial charge in [0.25, 0.3) is 11.5 Å². The van der Waals surface area contributed by atoms with Gasteiger partial charge in [-0.1, -0.05) is 78.9 Å². The first-order valence-electron chi connectivity index (χ1n) is 11.8. The van der Waals surface area contributed by atoms with E-state index in [-0.39, 0.29) is 17.0 Å². The minimum atomic E-state index is -0.325. The fraction of sp³-hybridized carbons (Fsp3) is 0.100. The summed E-state index contributed by atoms with van der Waals surface area (Å²) >= 11 is 0. The lowest BCUT2D eigenvalue weighted by atomic mass is 10.1. The first-order valence-corrected chi connectivity index (χ1v) is 11.8. The van der Waals surface area contributed by atoms with Crippen molar-refractivity contribution in [3.63, 3.8) is 0 Å². The summed E-state index contributed by atoms with van der Waals surface area (Å²) in [6.45, 7) is 0.718. The molecule has 0 N–H and O–H groups in total. The Balaban J connectivity index is 1.44. The van der Waals surface area contributed by atoms with Crippen molar-refractivity contribution in [2.45, 2.75) is 13.1 Å². The highest BCUT2D eigenvalue weighted by molar-refractivity contribution is 5.93. The number of hydrogen-bond donors (Lipinski definition) is 0. The first-order chi connectivity index (χ1) is 17.6. The maximum Gasteiger partial charge on any atom is 0.263 e. The molecule has 1 amide bonds. The van der Waals surface area contributed by atoms with Crippen LogP contribution in [0.4, 0.5) is 0 Å². The van der Waals surface area contributed by atoms with Gasteiger partial charge in [0.15, 0.2) is 0 Å². The van der Waals surface area contributed by atoms with Crippen molar-refractivity contribution >= 4 is 5.91 Å². The van der Waals surface area contributed by atoms with Gasteiger partial charge in [-0.25, -0.2) is 4.68 Å². The molecule has 0 bridgehead atoms. The molecule has 5 rings (SSSR count). The number of hydrogen-bond acceptors (Lipinski definition) is 3. The summed E-state index contributed by atoms with van der Waals surface area (Å²) in [7, 11) is 1.71. The van der Waals surface area contributed by atoms with Crippen molar-refractivity contribution in [1.82, 2.24) is 19.2 Å². The van der Waals surface area contributed by atoms with E-state index >= 15 is 0 Å². The molecular formula is C30H26N4O2. The number of aromatic nitrogens is 3. The van der Waals surface area contributed by atoms with Crippen LogP contribution in [-0.2, 0) is 13.1 Å². The molecule has 2 heterocycles. The SMILES string of the molecule is CN(Cc1cn(-c2ccccc2)nc1-c1ccccc1)C(=O)c1cccn(Cc2ccccc2)c1=O. The van der Waals surface area contributed by atoms with E-state index in [0.717, 1.165) is 28.1 Å². The molecule has 2 aromatic heterocycles. The van der Waals surface area contributed by atoms with Crippen LogP contribution in [0.25, 0.3) is 16.9 Å². The number of pyridine rings is 1. The summed E-state index contributed by atoms with van der Waals surface area (Å²) in [4.78, 5) is 28.1. The molecule has 36 heavy (non-hydrogen) atoms. The van der Waals surface area contributed by atoms with Crippen molar-refractivity contribution in [3.8, 4) is 16.9 Å². The number of amides is 1. The van der Waals surface area contributed by atoms with Crippen LogP contribution in [0.3, 0.4) is 0 Å². The zero-order chi connectivity index (χ0) is 24.9. The minimum absolute atomic E-state index is 0.146. The highest BCUT2D eigenvalue weighted by Crippen LogP contribution is 2.25. The average molecular weight is 475 g/mol. The molecule has 0 radical (unpaired) electrons. The quantitative estimate of drug-likeness (QED) is 0.333. The van der Waals surface area contributed by atoms with E-state index in [9.17, 15) is 9.59 Å². The summed E-state index contributed by atoms with van der Waals surface area (Å²) in [6, 6.07) is 32.8. The number of rotatable bonds is 7. The molecule has 0 atom stereocenters. The van der Waals surface area contributed by atoms with Crippen LogP contribution in [0.15, 0.2) is 120 Å². The Bertz CT molecular complexity index is 1520. The second-order valence-electron chi connectivity index (χ2n) is 8.65. The van der Waals surface area contributed by atoms with Crippen LogP contribution in [-0.4, -0.2) is 32.2 Å². The minimum Gasteiger partial charge on any atom is -0.337 e. The molecule has 5 aromatic rings. The average Bonchev–Trinajstić information content (AvgIpc) is 3.35. The summed E-state index contributed by atoms with van der Waals surface area (Å²) in [5, 5.41) is 4.83. The third-order valence-electron chi connectivity index (χ3n) is 6.06. The fourth-order valence-corrected chi connectivity index (χ4v) is 4.21. The van der Waals surface area contributed by atoms with Gasteiger partial charge in [-0.2, -0.15) is 5.10 Å². The van der Waals surface area contributed by atoms with Gasteiger partial charge in [0, 0.05) is 37.1 Å². The van der Waals surface area contributed by atoms with Gasteiger partial charge >= 0.3 is 0 Å². The zero-order valence-corrected chi connectivity index (χ0v) is 20.0. The molecule has 6 heteroatoms. The van der Waals surface area contributed by atoms with Crippen molar-refractivity contribution in [3.05, 3.63) is 143 Å². The van der Waals surface area contributed by atoms with E-state index in [1.54, 1.807) is 34.8 Å². The normalized spacial score (nSPS) is 10.8. The lowest BCUT2D eigenvalue weighted by Gasteiger charge is -2.17. The van der Waals surface area contributed by atoms with E-state index < -0.39 is 0 Å². The molecular weight excluding hydrogens is 448 g/mol. The molecule has 178 valence electrons. The molecule has 0 unspecified atom stereocenters. The maximum absolute atomic E-state index is 13.4. The third-order valence-corrected chi connectivity index (χ3v) is 6.06. The molecule has 0 saturated carbocycles. The van der Waals surface area contributed by atoms with E-state index in [2.05, 4.69) is 0 Å². The van der Waals surface area contributed by atoms with Crippen LogP contribution in [0.2, 0.25) is 0 Å². The fourth-order valence-electron chi connectivity index (χ4n) is 4.21. The molecule has 6 nitrogen and oxygen atoms in total. The molecule has 0 fully saturated rings. The van der Waals surface area contributed by atoms with E-state index in [0.29, 0.717) is 13.1 Å².